The fraction of sp³-hybridized carbons (Fsp3) is 0.938. The van der Waals surface area contributed by atoms with Crippen LogP contribution in [0.1, 0.15) is 58.8 Å². The molecule has 0 heterocycles. The van der Waals surface area contributed by atoms with Crippen molar-refractivity contribution in [1.29, 1.82) is 0 Å². The first kappa shape index (κ1) is 13.4. The van der Waals surface area contributed by atoms with Crippen LogP contribution in [0.3, 0.4) is 0 Å². The predicted octanol–water partition coefficient (Wildman–Crippen LogP) is 3.06. The van der Waals surface area contributed by atoms with Crippen LogP contribution in [-0.2, 0) is 4.79 Å². The summed E-state index contributed by atoms with van der Waals surface area (Å²) >= 11 is 0. The first-order valence-corrected chi connectivity index (χ1v) is 7.72. The molecule has 4 bridgehead atoms. The number of aliphatic hydroxyl groups excluding tert-OH is 1. The molecule has 0 amide bonds. The van der Waals surface area contributed by atoms with Crippen molar-refractivity contribution >= 4 is 5.97 Å². The highest BCUT2D eigenvalue weighted by molar-refractivity contribution is 5.74. The topological polar surface area (TPSA) is 57.5 Å². The van der Waals surface area contributed by atoms with Gasteiger partial charge in [-0.1, -0.05) is 0 Å². The number of aliphatic hydroxyl groups is 1. The van der Waals surface area contributed by atoms with Crippen molar-refractivity contribution in [2.75, 3.05) is 0 Å². The number of rotatable bonds is 4. The number of aliphatic carboxylic acids is 1. The van der Waals surface area contributed by atoms with Gasteiger partial charge in [0, 0.05) is 0 Å². The summed E-state index contributed by atoms with van der Waals surface area (Å²) in [6.07, 6.45) is 7.81. The molecular formula is C16H26O3. The highest BCUT2D eigenvalue weighted by atomic mass is 16.4. The fourth-order valence-corrected chi connectivity index (χ4v) is 5.35. The zero-order chi connectivity index (χ0) is 13.8. The molecule has 4 fully saturated rings. The Labute approximate surface area is 115 Å². The molecule has 108 valence electrons. The quantitative estimate of drug-likeness (QED) is 0.822. The molecule has 1 atom stereocenters. The molecule has 19 heavy (non-hydrogen) atoms. The molecule has 2 N–H and O–H groups in total. The van der Waals surface area contributed by atoms with E-state index in [-0.39, 0.29) is 5.41 Å². The summed E-state index contributed by atoms with van der Waals surface area (Å²) in [4.78, 5) is 11.3. The molecular weight excluding hydrogens is 240 g/mol. The number of carboxylic acids is 1. The van der Waals surface area contributed by atoms with Crippen LogP contribution in [0, 0.1) is 28.6 Å². The van der Waals surface area contributed by atoms with Gasteiger partial charge in [-0.05, 0) is 82.0 Å². The molecule has 0 aromatic rings. The molecule has 0 aromatic heterocycles. The van der Waals surface area contributed by atoms with Crippen LogP contribution in [0.2, 0.25) is 0 Å². The van der Waals surface area contributed by atoms with E-state index in [1.165, 1.54) is 38.5 Å². The Morgan fingerprint density at radius 3 is 1.95 bits per heavy atom. The maximum Gasteiger partial charge on any atom is 0.311 e. The molecule has 4 saturated carbocycles. The van der Waals surface area contributed by atoms with Gasteiger partial charge in [0.2, 0.25) is 0 Å². The van der Waals surface area contributed by atoms with Gasteiger partial charge >= 0.3 is 5.97 Å². The second-order valence-corrected chi connectivity index (χ2v) is 8.16. The zero-order valence-corrected chi connectivity index (χ0v) is 12.1. The largest absolute Gasteiger partial charge is 0.481 e. The van der Waals surface area contributed by atoms with E-state index in [1.807, 2.05) is 0 Å². The molecule has 3 nitrogen and oxygen atoms in total. The van der Waals surface area contributed by atoms with Gasteiger partial charge in [0.15, 0.2) is 0 Å². The normalized spacial score (nSPS) is 42.4. The third-order valence-electron chi connectivity index (χ3n) is 6.18. The van der Waals surface area contributed by atoms with Gasteiger partial charge in [0.05, 0.1) is 11.5 Å². The standard InChI is InChI=1S/C16H26O3/c1-15(2,14(18)19)13(17)9-16-6-10-3-11(7-16)5-12(4-10)8-16/h10-13,17H,3-9H2,1-2H3,(H,18,19). The number of hydrogen-bond donors (Lipinski definition) is 2. The lowest BCUT2D eigenvalue weighted by molar-refractivity contribution is -0.157. The second-order valence-electron chi connectivity index (χ2n) is 8.16. The summed E-state index contributed by atoms with van der Waals surface area (Å²) in [7, 11) is 0. The SMILES string of the molecule is CC(C)(C(=O)O)C(O)CC12CC3CC(CC(C3)C1)C2. The van der Waals surface area contributed by atoms with Crippen LogP contribution in [0.15, 0.2) is 0 Å². The summed E-state index contributed by atoms with van der Waals surface area (Å²) in [6, 6.07) is 0. The molecule has 0 spiro atoms. The zero-order valence-electron chi connectivity index (χ0n) is 12.1. The molecule has 0 aromatic carbocycles. The number of carboxylic acid groups (broad SMARTS) is 1. The van der Waals surface area contributed by atoms with E-state index >= 15 is 0 Å². The summed E-state index contributed by atoms with van der Waals surface area (Å²) in [5.74, 6) is 1.67. The van der Waals surface area contributed by atoms with Crippen molar-refractivity contribution in [2.45, 2.75) is 64.9 Å². The van der Waals surface area contributed by atoms with Crippen molar-refractivity contribution in [3.05, 3.63) is 0 Å². The lowest BCUT2D eigenvalue weighted by atomic mass is 9.48. The Morgan fingerprint density at radius 1 is 1.16 bits per heavy atom. The van der Waals surface area contributed by atoms with Crippen LogP contribution in [-0.4, -0.2) is 22.3 Å². The van der Waals surface area contributed by atoms with Gasteiger partial charge in [-0.15, -0.1) is 0 Å². The van der Waals surface area contributed by atoms with E-state index < -0.39 is 17.5 Å². The molecule has 3 heteroatoms. The molecule has 1 unspecified atom stereocenters. The van der Waals surface area contributed by atoms with E-state index in [4.69, 9.17) is 0 Å². The summed E-state index contributed by atoms with van der Waals surface area (Å²) in [6.45, 7) is 3.31. The smallest absolute Gasteiger partial charge is 0.311 e. The molecule has 4 aliphatic carbocycles. The Kier molecular flexibility index (Phi) is 2.97. The monoisotopic (exact) mass is 266 g/mol. The third kappa shape index (κ3) is 2.20. The second kappa shape index (κ2) is 4.21. The molecule has 0 saturated heterocycles. The van der Waals surface area contributed by atoms with E-state index in [1.54, 1.807) is 13.8 Å². The van der Waals surface area contributed by atoms with E-state index in [2.05, 4.69) is 0 Å². The van der Waals surface area contributed by atoms with Crippen molar-refractivity contribution in [3.8, 4) is 0 Å². The number of carbonyl (C=O) groups is 1. The Bertz CT molecular complexity index is 350. The van der Waals surface area contributed by atoms with Crippen LogP contribution in [0.5, 0.6) is 0 Å². The Balaban J connectivity index is 1.74. The van der Waals surface area contributed by atoms with Crippen molar-refractivity contribution in [1.82, 2.24) is 0 Å². The van der Waals surface area contributed by atoms with Crippen LogP contribution in [0.25, 0.3) is 0 Å². The van der Waals surface area contributed by atoms with Crippen LogP contribution >= 0.6 is 0 Å². The first-order valence-electron chi connectivity index (χ1n) is 7.72. The first-order chi connectivity index (χ1) is 8.81. The summed E-state index contributed by atoms with van der Waals surface area (Å²) in [5, 5.41) is 19.7. The van der Waals surface area contributed by atoms with Gasteiger partial charge in [0.1, 0.15) is 0 Å². The summed E-state index contributed by atoms with van der Waals surface area (Å²) < 4.78 is 0. The van der Waals surface area contributed by atoms with Crippen LogP contribution < -0.4 is 0 Å². The van der Waals surface area contributed by atoms with Crippen molar-refractivity contribution in [2.24, 2.45) is 28.6 Å². The predicted molar refractivity (Wildman–Crippen MR) is 72.6 cm³/mol. The third-order valence-corrected chi connectivity index (χ3v) is 6.18. The highest BCUT2D eigenvalue weighted by Gasteiger charge is 2.52. The highest BCUT2D eigenvalue weighted by Crippen LogP contribution is 2.62. The van der Waals surface area contributed by atoms with Gasteiger partial charge < -0.3 is 10.2 Å². The van der Waals surface area contributed by atoms with Crippen molar-refractivity contribution in [3.63, 3.8) is 0 Å². The van der Waals surface area contributed by atoms with Gasteiger partial charge in [-0.3, -0.25) is 4.79 Å². The Morgan fingerprint density at radius 2 is 1.58 bits per heavy atom. The average Bonchev–Trinajstić information content (AvgIpc) is 2.25. The molecule has 4 aliphatic rings. The van der Waals surface area contributed by atoms with E-state index in [0.29, 0.717) is 6.42 Å². The van der Waals surface area contributed by atoms with E-state index in [9.17, 15) is 15.0 Å². The van der Waals surface area contributed by atoms with Crippen molar-refractivity contribution < 1.29 is 15.0 Å². The summed E-state index contributed by atoms with van der Waals surface area (Å²) in [5.41, 5.74) is -0.774. The molecule has 0 radical (unpaired) electrons. The maximum atomic E-state index is 11.3. The van der Waals surface area contributed by atoms with E-state index in [0.717, 1.165) is 17.8 Å². The minimum Gasteiger partial charge on any atom is -0.481 e. The van der Waals surface area contributed by atoms with Gasteiger partial charge in [0.25, 0.3) is 0 Å². The lowest BCUT2D eigenvalue weighted by Gasteiger charge is -2.58. The van der Waals surface area contributed by atoms with Crippen LogP contribution in [0.4, 0.5) is 0 Å². The maximum absolute atomic E-state index is 11.3. The van der Waals surface area contributed by atoms with Gasteiger partial charge in [-0.25, -0.2) is 0 Å². The average molecular weight is 266 g/mol. The Hall–Kier alpha value is -0.570. The lowest BCUT2D eigenvalue weighted by Crippen LogP contribution is -2.49. The molecule has 4 rings (SSSR count). The molecule has 0 aliphatic heterocycles. The minimum absolute atomic E-state index is 0.251. The number of hydrogen-bond acceptors (Lipinski definition) is 2. The minimum atomic E-state index is -1.02. The van der Waals surface area contributed by atoms with Gasteiger partial charge in [-0.2, -0.15) is 0 Å². The fourth-order valence-electron chi connectivity index (χ4n) is 5.35.